The quantitative estimate of drug-likeness (QED) is 0.459. The SMILES string of the molecule is O=C(C1CCN(c2nn3cc(-c4ccc(Cl)cc4)nc3s2)CC1)N1CCCCC1CCN1CCOCC1. The second-order valence-corrected chi connectivity index (χ2v) is 11.8. The zero-order valence-corrected chi connectivity index (χ0v) is 22.8. The van der Waals surface area contributed by atoms with Crippen molar-refractivity contribution in [1.29, 1.82) is 0 Å². The van der Waals surface area contributed by atoms with Gasteiger partial charge in [0.15, 0.2) is 0 Å². The molecule has 1 unspecified atom stereocenters. The molecule has 198 valence electrons. The molecule has 0 bridgehead atoms. The first kappa shape index (κ1) is 25.1. The predicted octanol–water partition coefficient (Wildman–Crippen LogP) is 4.43. The van der Waals surface area contributed by atoms with Gasteiger partial charge >= 0.3 is 0 Å². The number of nitrogens with zero attached hydrogens (tertiary/aromatic N) is 6. The highest BCUT2D eigenvalue weighted by Gasteiger charge is 2.34. The third-order valence-corrected chi connectivity index (χ3v) is 9.32. The molecule has 10 heteroatoms. The fraction of sp³-hybridized carbons (Fsp3) is 0.593. The third kappa shape index (κ3) is 5.65. The number of hydrogen-bond acceptors (Lipinski definition) is 7. The molecule has 1 atom stereocenters. The maximum absolute atomic E-state index is 13.6. The first-order valence-corrected chi connectivity index (χ1v) is 14.8. The molecular weight excluding hydrogens is 508 g/mol. The van der Waals surface area contributed by atoms with E-state index >= 15 is 0 Å². The van der Waals surface area contributed by atoms with Crippen LogP contribution in [0.25, 0.3) is 16.2 Å². The number of likely N-dealkylation sites (tertiary alicyclic amines) is 1. The van der Waals surface area contributed by atoms with Gasteiger partial charge in [0.1, 0.15) is 0 Å². The Kier molecular flexibility index (Phi) is 7.65. The van der Waals surface area contributed by atoms with Crippen molar-refractivity contribution in [1.82, 2.24) is 24.4 Å². The first-order valence-electron chi connectivity index (χ1n) is 13.6. The van der Waals surface area contributed by atoms with Gasteiger partial charge in [-0.2, -0.15) is 0 Å². The highest BCUT2D eigenvalue weighted by atomic mass is 35.5. The topological polar surface area (TPSA) is 66.2 Å². The van der Waals surface area contributed by atoms with Crippen LogP contribution in [0.5, 0.6) is 0 Å². The van der Waals surface area contributed by atoms with Crippen molar-refractivity contribution in [2.24, 2.45) is 5.92 Å². The summed E-state index contributed by atoms with van der Waals surface area (Å²) in [5.74, 6) is 0.508. The number of ether oxygens (including phenoxy) is 1. The second kappa shape index (κ2) is 11.3. The minimum Gasteiger partial charge on any atom is -0.379 e. The van der Waals surface area contributed by atoms with Gasteiger partial charge in [0.25, 0.3) is 0 Å². The molecule has 0 spiro atoms. The molecule has 3 saturated heterocycles. The lowest BCUT2D eigenvalue weighted by molar-refractivity contribution is -0.140. The van der Waals surface area contributed by atoms with Crippen molar-refractivity contribution in [3.63, 3.8) is 0 Å². The van der Waals surface area contributed by atoms with Gasteiger partial charge in [-0.25, -0.2) is 9.50 Å². The Bertz CT molecular complexity index is 1170. The summed E-state index contributed by atoms with van der Waals surface area (Å²) in [6, 6.07) is 8.11. The summed E-state index contributed by atoms with van der Waals surface area (Å²) in [4.78, 5) is 26.3. The fourth-order valence-electron chi connectivity index (χ4n) is 5.88. The standard InChI is InChI=1S/C27H35ClN6O2S/c28-22-6-4-20(5-7-22)24-19-34-26(29-24)37-27(30-34)32-13-8-21(9-14-32)25(35)33-11-2-1-3-23(33)10-12-31-15-17-36-18-16-31/h4-7,19,21,23H,1-3,8-18H2. The van der Waals surface area contributed by atoms with Crippen molar-refractivity contribution in [3.8, 4) is 11.3 Å². The smallest absolute Gasteiger partial charge is 0.226 e. The van der Waals surface area contributed by atoms with Crippen molar-refractivity contribution in [3.05, 3.63) is 35.5 Å². The minimum atomic E-state index is 0.126. The Labute approximate surface area is 227 Å². The number of morpholine rings is 1. The number of piperidine rings is 2. The van der Waals surface area contributed by atoms with E-state index in [9.17, 15) is 4.79 Å². The van der Waals surface area contributed by atoms with Gasteiger partial charge in [-0.05, 0) is 50.7 Å². The van der Waals surface area contributed by atoms with Crippen LogP contribution in [0, 0.1) is 5.92 Å². The monoisotopic (exact) mass is 542 g/mol. The molecule has 37 heavy (non-hydrogen) atoms. The van der Waals surface area contributed by atoms with E-state index in [1.54, 1.807) is 11.3 Å². The van der Waals surface area contributed by atoms with Gasteiger partial charge in [-0.1, -0.05) is 35.1 Å². The number of carbonyl (C=O) groups excluding carboxylic acids is 1. The summed E-state index contributed by atoms with van der Waals surface area (Å²) in [5, 5.41) is 6.51. The highest BCUT2D eigenvalue weighted by molar-refractivity contribution is 7.20. The zero-order chi connectivity index (χ0) is 25.2. The lowest BCUT2D eigenvalue weighted by Gasteiger charge is -2.41. The molecule has 3 aromatic rings. The number of benzene rings is 1. The number of halogens is 1. The van der Waals surface area contributed by atoms with Crippen molar-refractivity contribution in [2.45, 2.75) is 44.6 Å². The van der Waals surface area contributed by atoms with E-state index in [0.29, 0.717) is 11.9 Å². The largest absolute Gasteiger partial charge is 0.379 e. The number of hydrogen-bond donors (Lipinski definition) is 0. The molecule has 2 aromatic heterocycles. The van der Waals surface area contributed by atoms with E-state index in [-0.39, 0.29) is 5.92 Å². The number of aromatic nitrogens is 3. The molecular formula is C27H35ClN6O2S. The summed E-state index contributed by atoms with van der Waals surface area (Å²) in [5.41, 5.74) is 1.93. The average Bonchev–Trinajstić information content (AvgIpc) is 3.53. The molecule has 3 aliphatic heterocycles. The average molecular weight is 543 g/mol. The summed E-state index contributed by atoms with van der Waals surface area (Å²) >= 11 is 7.63. The number of carbonyl (C=O) groups is 1. The molecule has 0 radical (unpaired) electrons. The molecule has 5 heterocycles. The summed E-state index contributed by atoms with van der Waals surface area (Å²) < 4.78 is 7.36. The third-order valence-electron chi connectivity index (χ3n) is 8.08. The van der Waals surface area contributed by atoms with E-state index in [4.69, 9.17) is 26.4 Å². The highest BCUT2D eigenvalue weighted by Crippen LogP contribution is 2.32. The fourth-order valence-corrected chi connectivity index (χ4v) is 6.94. The number of imidazole rings is 1. The summed E-state index contributed by atoms with van der Waals surface area (Å²) in [6.07, 6.45) is 8.36. The summed E-state index contributed by atoms with van der Waals surface area (Å²) in [7, 11) is 0. The Morgan fingerprint density at radius 1 is 1.03 bits per heavy atom. The zero-order valence-electron chi connectivity index (χ0n) is 21.2. The van der Waals surface area contributed by atoms with Crippen molar-refractivity contribution in [2.75, 3.05) is 57.4 Å². The molecule has 0 saturated carbocycles. The maximum Gasteiger partial charge on any atom is 0.226 e. The molecule has 1 amide bonds. The van der Waals surface area contributed by atoms with Crippen LogP contribution in [0.15, 0.2) is 30.5 Å². The minimum absolute atomic E-state index is 0.126. The maximum atomic E-state index is 13.6. The predicted molar refractivity (Wildman–Crippen MR) is 147 cm³/mol. The van der Waals surface area contributed by atoms with Crippen LogP contribution >= 0.6 is 22.9 Å². The van der Waals surface area contributed by atoms with Crippen LogP contribution in [-0.2, 0) is 9.53 Å². The molecule has 8 nitrogen and oxygen atoms in total. The van der Waals surface area contributed by atoms with Gasteiger partial charge in [0.05, 0.1) is 25.1 Å². The Hall–Kier alpha value is -2.20. The number of rotatable bonds is 6. The Morgan fingerprint density at radius 2 is 1.81 bits per heavy atom. The van der Waals surface area contributed by atoms with Crippen molar-refractivity contribution >= 4 is 38.9 Å². The van der Waals surface area contributed by atoms with Gasteiger partial charge in [-0.3, -0.25) is 9.69 Å². The van der Waals surface area contributed by atoms with Crippen LogP contribution in [0.2, 0.25) is 5.02 Å². The summed E-state index contributed by atoms with van der Waals surface area (Å²) in [6.45, 7) is 7.42. The van der Waals surface area contributed by atoms with Crippen LogP contribution in [-0.4, -0.2) is 88.8 Å². The van der Waals surface area contributed by atoms with Crippen LogP contribution in [0.4, 0.5) is 5.13 Å². The van der Waals surface area contributed by atoms with Gasteiger partial charge < -0.3 is 14.5 Å². The van der Waals surface area contributed by atoms with E-state index in [0.717, 1.165) is 111 Å². The Morgan fingerprint density at radius 3 is 2.57 bits per heavy atom. The molecule has 3 aliphatic rings. The van der Waals surface area contributed by atoms with E-state index in [2.05, 4.69) is 14.7 Å². The van der Waals surface area contributed by atoms with Crippen molar-refractivity contribution < 1.29 is 9.53 Å². The first-order chi connectivity index (χ1) is 18.1. The molecule has 1 aromatic carbocycles. The molecule has 6 rings (SSSR count). The molecule has 3 fully saturated rings. The van der Waals surface area contributed by atoms with E-state index in [1.165, 1.54) is 6.42 Å². The lowest BCUT2D eigenvalue weighted by atomic mass is 9.92. The van der Waals surface area contributed by atoms with Crippen LogP contribution < -0.4 is 4.90 Å². The molecule has 0 aliphatic carbocycles. The second-order valence-electron chi connectivity index (χ2n) is 10.4. The molecule has 0 N–H and O–H groups in total. The lowest BCUT2D eigenvalue weighted by Crippen LogP contribution is -2.50. The van der Waals surface area contributed by atoms with Gasteiger partial charge in [0, 0.05) is 61.8 Å². The van der Waals surface area contributed by atoms with E-state index < -0.39 is 0 Å². The van der Waals surface area contributed by atoms with Crippen LogP contribution in [0.3, 0.4) is 0 Å². The Balaban J connectivity index is 1.04. The number of amides is 1. The number of anilines is 1. The van der Waals surface area contributed by atoms with E-state index in [1.807, 2.05) is 35.0 Å². The van der Waals surface area contributed by atoms with Gasteiger partial charge in [0.2, 0.25) is 16.0 Å². The van der Waals surface area contributed by atoms with Crippen LogP contribution in [0.1, 0.15) is 38.5 Å². The van der Waals surface area contributed by atoms with Gasteiger partial charge in [-0.15, -0.1) is 5.10 Å². The number of fused-ring (bicyclic) bond motifs is 1. The normalized spacial score (nSPS) is 22.1.